The van der Waals surface area contributed by atoms with Crippen molar-refractivity contribution in [2.24, 2.45) is 9.98 Å². The molecule has 0 spiro atoms. The van der Waals surface area contributed by atoms with Crippen LogP contribution in [0.5, 0.6) is 0 Å². The van der Waals surface area contributed by atoms with Crippen LogP contribution < -0.4 is 5.32 Å². The van der Waals surface area contributed by atoms with Crippen molar-refractivity contribution in [3.05, 3.63) is 18.3 Å². The number of ether oxygens (including phenoxy) is 1. The third-order valence-electron chi connectivity index (χ3n) is 6.18. The number of amidine groups is 1. The Labute approximate surface area is 240 Å². The van der Waals surface area contributed by atoms with Gasteiger partial charge in [0, 0.05) is 6.54 Å². The molecule has 1 fully saturated rings. The molecule has 4 aliphatic heterocycles. The number of halogens is 1. The van der Waals surface area contributed by atoms with E-state index in [1.54, 1.807) is 4.57 Å². The summed E-state index contributed by atoms with van der Waals surface area (Å²) in [5.41, 5.74) is -2.52. The van der Waals surface area contributed by atoms with Crippen molar-refractivity contribution in [3.63, 3.8) is 0 Å². The van der Waals surface area contributed by atoms with Crippen LogP contribution in [0.3, 0.4) is 0 Å². The van der Waals surface area contributed by atoms with E-state index in [-0.39, 0.29) is 25.6 Å². The summed E-state index contributed by atoms with van der Waals surface area (Å²) in [6.45, 7) is -4.42. The molecule has 22 heteroatoms. The molecule has 1 saturated heterocycles. The van der Waals surface area contributed by atoms with Gasteiger partial charge in [-0.25, -0.2) is 19.3 Å². The number of carbonyl (C=O) groups excluding carboxylic acids is 1. The maximum Gasteiger partial charge on any atom is 0.324 e. The lowest BCUT2D eigenvalue weighted by atomic mass is 10.1. The zero-order chi connectivity index (χ0) is 28.2. The number of rotatable bonds is 1. The van der Waals surface area contributed by atoms with Gasteiger partial charge in [-0.1, -0.05) is 12.2 Å². The quantitative estimate of drug-likeness (QED) is 0.245. The topological polar surface area (TPSA) is 191 Å². The standard InChI is InChI=1S/C18H20FN9O7P2S3/c19-11-9-4-32-36(30,38)31-2-1-27-10(24-8-3-21-6-22-14(8)27)5-33-37(39,40)35-13(11)17(34-9)28-7-23-12-15(28)25-18(20)26-16(12)29/h3,6-7,9,11-13,17H,1-2,4-5H2,(H,30,38)(H,39,40)(H2,20,26,29)/t9-,11-,12?,13-,17-,36?/m1/s1. The molecule has 16 nitrogen and oxygen atoms in total. The van der Waals surface area contributed by atoms with Gasteiger partial charge in [0.05, 0.1) is 25.7 Å². The molecule has 6 rings (SSSR count). The van der Waals surface area contributed by atoms with Crippen LogP contribution in [0.15, 0.2) is 22.5 Å². The molecular weight excluding hydrogens is 631 g/mol. The first kappa shape index (κ1) is 28.3. The molecule has 1 amide bonds. The molecule has 0 radical (unpaired) electrons. The minimum atomic E-state index is -3.82. The number of imidazole rings is 1. The largest absolute Gasteiger partial charge is 0.346 e. The average Bonchev–Trinajstić information content (AvgIpc) is 3.55. The summed E-state index contributed by atoms with van der Waals surface area (Å²) in [5.74, 6) is -0.586. The molecular formula is C18H20FN9O7P2S3. The van der Waals surface area contributed by atoms with Crippen molar-refractivity contribution in [2.75, 3.05) is 13.2 Å². The number of aliphatic imine (C=N–C) groups is 2. The van der Waals surface area contributed by atoms with E-state index >= 15 is 4.39 Å². The fourth-order valence-corrected chi connectivity index (χ4v) is 7.40. The summed E-state index contributed by atoms with van der Waals surface area (Å²) < 4.78 is 46.1. The lowest BCUT2D eigenvalue weighted by Gasteiger charge is -2.31. The van der Waals surface area contributed by atoms with Crippen LogP contribution >= 0.6 is 24.7 Å². The molecule has 4 aliphatic rings. The monoisotopic (exact) mass is 651 g/mol. The van der Waals surface area contributed by atoms with E-state index in [2.05, 4.69) is 42.5 Å². The molecule has 7 atom stereocenters. The Hall–Kier alpha value is -1.83. The van der Waals surface area contributed by atoms with Gasteiger partial charge in [-0.05, 0) is 23.6 Å². The number of fused-ring (bicyclic) bond motifs is 6. The van der Waals surface area contributed by atoms with Gasteiger partial charge >= 0.3 is 6.72 Å². The zero-order valence-electron chi connectivity index (χ0n) is 20.0. The van der Waals surface area contributed by atoms with Crippen LogP contribution in [0, 0.1) is 5.41 Å². The second-order valence-electron chi connectivity index (χ2n) is 8.71. The molecule has 3 unspecified atom stereocenters. The maximum atomic E-state index is 15.9. The maximum absolute atomic E-state index is 15.9. The summed E-state index contributed by atoms with van der Waals surface area (Å²) in [6, 6.07) is -1.06. The Bertz CT molecular complexity index is 1550. The van der Waals surface area contributed by atoms with Gasteiger partial charge < -0.3 is 32.3 Å². The van der Waals surface area contributed by atoms with Crippen molar-refractivity contribution in [3.8, 4) is 0 Å². The van der Waals surface area contributed by atoms with E-state index in [0.29, 0.717) is 17.0 Å². The van der Waals surface area contributed by atoms with Crippen LogP contribution in [0.4, 0.5) is 4.39 Å². The number of nitrogens with zero attached hydrogens (tertiary/aromatic N) is 7. The normalized spacial score (nSPS) is 36.9. The number of aromatic nitrogens is 4. The van der Waals surface area contributed by atoms with Crippen LogP contribution in [-0.4, -0.2) is 97.2 Å². The molecule has 214 valence electrons. The van der Waals surface area contributed by atoms with E-state index in [1.807, 2.05) is 0 Å². The van der Waals surface area contributed by atoms with Gasteiger partial charge in [-0.15, -0.1) is 0 Å². The Balaban J connectivity index is 1.33. The first-order chi connectivity index (χ1) is 19.0. The number of hydrogen-bond donors (Lipinski definition) is 4. The molecule has 2 aromatic heterocycles. The highest BCUT2D eigenvalue weighted by molar-refractivity contribution is 8.60. The molecule has 2 bridgehead atoms. The molecule has 0 aromatic carbocycles. The second kappa shape index (κ2) is 10.8. The van der Waals surface area contributed by atoms with Crippen LogP contribution in [-0.2, 0) is 64.4 Å². The fourth-order valence-electron chi connectivity index (χ4n) is 4.44. The third kappa shape index (κ3) is 5.50. The van der Waals surface area contributed by atoms with Crippen molar-refractivity contribution >= 4 is 83.5 Å². The van der Waals surface area contributed by atoms with E-state index in [1.165, 1.54) is 23.8 Å². The second-order valence-corrected chi connectivity index (χ2v) is 16.8. The van der Waals surface area contributed by atoms with Gasteiger partial charge in [0.1, 0.15) is 36.5 Å². The van der Waals surface area contributed by atoms with Gasteiger partial charge in [0.2, 0.25) is 11.7 Å². The summed E-state index contributed by atoms with van der Waals surface area (Å²) in [6.07, 6.45) is -1.78. The van der Waals surface area contributed by atoms with Gasteiger partial charge in [0.15, 0.2) is 29.9 Å². The van der Waals surface area contributed by atoms with E-state index in [4.69, 9.17) is 51.9 Å². The lowest BCUT2D eigenvalue weighted by Crippen LogP contribution is -2.53. The lowest BCUT2D eigenvalue weighted by molar-refractivity contribution is -0.119. The Morgan fingerprint density at radius 2 is 2.12 bits per heavy atom. The Kier molecular flexibility index (Phi) is 7.62. The first-order valence-electron chi connectivity index (χ1n) is 11.5. The summed E-state index contributed by atoms with van der Waals surface area (Å²) in [4.78, 5) is 45.0. The van der Waals surface area contributed by atoms with Gasteiger partial charge in [-0.2, -0.15) is 4.99 Å². The van der Waals surface area contributed by atoms with Gasteiger partial charge in [-0.3, -0.25) is 25.4 Å². The molecule has 2 aromatic rings. The summed E-state index contributed by atoms with van der Waals surface area (Å²) in [5, 5.41) is 10.0. The van der Waals surface area contributed by atoms with E-state index in [0.717, 1.165) is 0 Å². The number of hydrogen-bond acceptors (Lipinski definition) is 14. The molecule has 0 saturated carbocycles. The number of guanidine groups is 1. The predicted molar refractivity (Wildman–Crippen MR) is 148 cm³/mol. The third-order valence-corrected chi connectivity index (χ3v) is 9.96. The van der Waals surface area contributed by atoms with Crippen LogP contribution in [0.2, 0.25) is 0 Å². The number of thiol groups is 1. The molecule has 6 heterocycles. The SMILES string of the molecule is N=C1N=C2C(N=CN2[C@@H]2O[C@@H]3COP(O)(=S)OCCn4c(nc5cncnc54)COP(=S)(S)O[C@@H]2[C@@H]3F)C(=O)N1. The van der Waals surface area contributed by atoms with Crippen molar-refractivity contribution in [1.29, 1.82) is 5.41 Å². The minimum Gasteiger partial charge on any atom is -0.346 e. The zero-order valence-corrected chi connectivity index (χ0v) is 24.3. The van der Waals surface area contributed by atoms with E-state index in [9.17, 15) is 9.69 Å². The summed E-state index contributed by atoms with van der Waals surface area (Å²) in [7, 11) is 0. The van der Waals surface area contributed by atoms with Crippen molar-refractivity contribution < 1.29 is 36.9 Å². The highest BCUT2D eigenvalue weighted by Crippen LogP contribution is 2.57. The Morgan fingerprint density at radius 3 is 2.95 bits per heavy atom. The molecule has 0 aliphatic carbocycles. The summed E-state index contributed by atoms with van der Waals surface area (Å²) >= 11 is 15.0. The molecule has 40 heavy (non-hydrogen) atoms. The highest BCUT2D eigenvalue weighted by atomic mass is 32.9. The predicted octanol–water partition coefficient (Wildman–Crippen LogP) is 0.385. The first-order valence-corrected chi connectivity index (χ1v) is 17.9. The smallest absolute Gasteiger partial charge is 0.324 e. The van der Waals surface area contributed by atoms with Crippen molar-refractivity contribution in [1.82, 2.24) is 29.7 Å². The fraction of sp³-hybridized carbons (Fsp3) is 0.500. The number of amides is 1. The average molecular weight is 652 g/mol. The van der Waals surface area contributed by atoms with Crippen molar-refractivity contribution in [2.45, 2.75) is 43.8 Å². The number of nitrogens with one attached hydrogen (secondary N) is 2. The van der Waals surface area contributed by atoms with Crippen LogP contribution in [0.1, 0.15) is 5.82 Å². The number of carbonyl (C=O) groups is 1. The van der Waals surface area contributed by atoms with Crippen LogP contribution in [0.25, 0.3) is 11.2 Å². The van der Waals surface area contributed by atoms with Gasteiger partial charge in [0.25, 0.3) is 5.91 Å². The Morgan fingerprint density at radius 1 is 1.30 bits per heavy atom. The highest BCUT2D eigenvalue weighted by Gasteiger charge is 2.54. The van der Waals surface area contributed by atoms with E-state index < -0.39 is 61.5 Å². The molecule has 3 N–H and O–H groups in total. The minimum absolute atomic E-state index is 0.0364. The number of alkyl halides is 1.